The summed E-state index contributed by atoms with van der Waals surface area (Å²) in [6, 6.07) is 11.4. The number of halogens is 1. The van der Waals surface area contributed by atoms with Crippen LogP contribution in [-0.4, -0.2) is 21.1 Å². The third-order valence-corrected chi connectivity index (χ3v) is 4.65. The first-order valence-electron chi connectivity index (χ1n) is 7.96. The van der Waals surface area contributed by atoms with Crippen molar-refractivity contribution < 1.29 is 9.53 Å². The Balaban J connectivity index is 1.90. The van der Waals surface area contributed by atoms with Gasteiger partial charge in [0.1, 0.15) is 12.4 Å². The lowest BCUT2D eigenvalue weighted by Gasteiger charge is -2.14. The molecule has 0 unspecified atom stereocenters. The number of hydrogen-bond donors (Lipinski definition) is 0. The van der Waals surface area contributed by atoms with Gasteiger partial charge in [-0.2, -0.15) is 5.10 Å². The molecule has 1 aromatic carbocycles. The molecule has 0 saturated carbocycles. The number of benzene rings is 1. The van der Waals surface area contributed by atoms with E-state index in [1.165, 1.54) is 0 Å². The number of ether oxygens (including phenoxy) is 1. The molecule has 0 saturated heterocycles. The van der Waals surface area contributed by atoms with Gasteiger partial charge in [-0.05, 0) is 48.0 Å². The summed E-state index contributed by atoms with van der Waals surface area (Å²) in [5.74, 6) is 0.622. The number of carbonyl (C=O) groups excluding carboxylic acids is 1. The summed E-state index contributed by atoms with van der Waals surface area (Å²) in [6.07, 6.45) is 4.34. The number of rotatable bonds is 6. The topological polar surface area (TPSA) is 57.0 Å². The van der Waals surface area contributed by atoms with E-state index < -0.39 is 0 Å². The minimum Gasteiger partial charge on any atom is -0.488 e. The number of hydrogen-bond acceptors (Lipinski definition) is 4. The van der Waals surface area contributed by atoms with E-state index in [9.17, 15) is 4.79 Å². The number of pyridine rings is 1. The molecule has 25 heavy (non-hydrogen) atoms. The van der Waals surface area contributed by atoms with Gasteiger partial charge in [-0.25, -0.2) is 0 Å². The van der Waals surface area contributed by atoms with E-state index in [-0.39, 0.29) is 6.04 Å². The van der Waals surface area contributed by atoms with Crippen molar-refractivity contribution in [1.29, 1.82) is 0 Å². The van der Waals surface area contributed by atoms with Crippen molar-refractivity contribution in [3.63, 3.8) is 0 Å². The van der Waals surface area contributed by atoms with Gasteiger partial charge in [0.05, 0.1) is 15.9 Å². The zero-order chi connectivity index (χ0) is 17.8. The number of nitrogens with zero attached hydrogens (tertiary/aromatic N) is 3. The molecule has 0 bridgehead atoms. The van der Waals surface area contributed by atoms with Crippen LogP contribution in [0.25, 0.3) is 11.4 Å². The predicted octanol–water partition coefficient (Wildman–Crippen LogP) is 4.68. The molecular formula is C19H18BrN3O2. The Hall–Kier alpha value is -2.47. The summed E-state index contributed by atoms with van der Waals surface area (Å²) in [7, 11) is 0. The number of aromatic nitrogens is 3. The minimum atomic E-state index is 0.235. The van der Waals surface area contributed by atoms with E-state index in [2.05, 4.69) is 39.9 Å². The second kappa shape index (κ2) is 7.61. The van der Waals surface area contributed by atoms with Crippen LogP contribution in [0.3, 0.4) is 0 Å². The van der Waals surface area contributed by atoms with Crippen LogP contribution in [0, 0.1) is 0 Å². The van der Waals surface area contributed by atoms with Crippen molar-refractivity contribution in [3.05, 3.63) is 64.4 Å². The zero-order valence-electron chi connectivity index (χ0n) is 14.0. The van der Waals surface area contributed by atoms with Crippen molar-refractivity contribution in [3.8, 4) is 17.1 Å². The summed E-state index contributed by atoms with van der Waals surface area (Å²) >= 11 is 3.42. The van der Waals surface area contributed by atoms with E-state index in [1.54, 1.807) is 24.5 Å². The third-order valence-electron chi connectivity index (χ3n) is 3.80. The molecule has 3 rings (SSSR count). The van der Waals surface area contributed by atoms with E-state index in [0.717, 1.165) is 23.2 Å². The molecule has 6 heteroatoms. The van der Waals surface area contributed by atoms with Gasteiger partial charge in [0.25, 0.3) is 0 Å². The molecule has 0 aliphatic heterocycles. The van der Waals surface area contributed by atoms with Crippen LogP contribution in [0.4, 0.5) is 0 Å². The van der Waals surface area contributed by atoms with Crippen molar-refractivity contribution in [2.24, 2.45) is 0 Å². The molecule has 0 fully saturated rings. The third kappa shape index (κ3) is 3.64. The smallest absolute Gasteiger partial charge is 0.151 e. The Labute approximate surface area is 154 Å². The molecule has 128 valence electrons. The Morgan fingerprint density at radius 2 is 2.04 bits per heavy atom. The van der Waals surface area contributed by atoms with Crippen LogP contribution in [0.2, 0.25) is 0 Å². The highest BCUT2D eigenvalue weighted by Gasteiger charge is 2.14. The zero-order valence-corrected chi connectivity index (χ0v) is 15.6. The van der Waals surface area contributed by atoms with E-state index >= 15 is 0 Å². The monoisotopic (exact) mass is 399 g/mol. The fourth-order valence-electron chi connectivity index (χ4n) is 2.58. The van der Waals surface area contributed by atoms with Gasteiger partial charge in [0, 0.05) is 29.6 Å². The largest absolute Gasteiger partial charge is 0.488 e. The van der Waals surface area contributed by atoms with E-state index in [1.807, 2.05) is 28.9 Å². The average Bonchev–Trinajstić information content (AvgIpc) is 3.11. The molecule has 0 N–H and O–H groups in total. The molecule has 3 aromatic rings. The molecule has 0 amide bonds. The van der Waals surface area contributed by atoms with Crippen molar-refractivity contribution in [2.45, 2.75) is 26.5 Å². The van der Waals surface area contributed by atoms with Gasteiger partial charge in [0.15, 0.2) is 6.29 Å². The minimum absolute atomic E-state index is 0.235. The second-order valence-electron chi connectivity index (χ2n) is 5.83. The lowest BCUT2D eigenvalue weighted by atomic mass is 10.1. The molecule has 2 heterocycles. The first-order valence-corrected chi connectivity index (χ1v) is 8.75. The molecule has 0 atom stereocenters. The normalized spacial score (nSPS) is 10.9. The van der Waals surface area contributed by atoms with Crippen LogP contribution in [-0.2, 0) is 6.61 Å². The fraction of sp³-hybridized carbons (Fsp3) is 0.211. The summed E-state index contributed by atoms with van der Waals surface area (Å²) in [5.41, 5.74) is 3.31. The Kier molecular flexibility index (Phi) is 5.28. The van der Waals surface area contributed by atoms with Crippen LogP contribution < -0.4 is 4.74 Å². The Bertz CT molecular complexity index is 890. The lowest BCUT2D eigenvalue weighted by molar-refractivity contribution is 0.112. The van der Waals surface area contributed by atoms with Gasteiger partial charge < -0.3 is 4.74 Å². The molecule has 0 spiro atoms. The summed E-state index contributed by atoms with van der Waals surface area (Å²) in [5, 5.41) is 4.38. The van der Waals surface area contributed by atoms with Crippen molar-refractivity contribution >= 4 is 22.2 Å². The SMILES string of the molecule is CC(C)n1nccc1-c1ncccc1COc1cccc(C=O)c1Br. The van der Waals surface area contributed by atoms with Crippen LogP contribution in [0.15, 0.2) is 53.3 Å². The van der Waals surface area contributed by atoms with E-state index in [0.29, 0.717) is 22.4 Å². The highest BCUT2D eigenvalue weighted by molar-refractivity contribution is 9.10. The standard InChI is InChI=1S/C19H18BrN3O2/c1-13(2)23-16(8-10-22-23)19-15(6-4-9-21-19)12-25-17-7-3-5-14(11-24)18(17)20/h3-11,13H,12H2,1-2H3. The molecule has 0 radical (unpaired) electrons. The highest BCUT2D eigenvalue weighted by atomic mass is 79.9. The number of aldehydes is 1. The van der Waals surface area contributed by atoms with Crippen LogP contribution in [0.5, 0.6) is 5.75 Å². The van der Waals surface area contributed by atoms with Gasteiger partial charge in [0.2, 0.25) is 0 Å². The molecular weight excluding hydrogens is 382 g/mol. The number of carbonyl (C=O) groups is 1. The van der Waals surface area contributed by atoms with Gasteiger partial charge in [-0.15, -0.1) is 0 Å². The average molecular weight is 400 g/mol. The van der Waals surface area contributed by atoms with Crippen molar-refractivity contribution in [1.82, 2.24) is 14.8 Å². The van der Waals surface area contributed by atoms with E-state index in [4.69, 9.17) is 4.74 Å². The first-order chi connectivity index (χ1) is 12.1. The summed E-state index contributed by atoms with van der Waals surface area (Å²) in [6.45, 7) is 4.50. The Morgan fingerprint density at radius 1 is 1.20 bits per heavy atom. The highest BCUT2D eigenvalue weighted by Crippen LogP contribution is 2.30. The fourth-order valence-corrected chi connectivity index (χ4v) is 3.06. The maximum atomic E-state index is 11.1. The molecule has 0 aliphatic carbocycles. The first kappa shape index (κ1) is 17.4. The Morgan fingerprint density at radius 3 is 2.80 bits per heavy atom. The molecule has 5 nitrogen and oxygen atoms in total. The molecule has 2 aromatic heterocycles. The van der Waals surface area contributed by atoms with Gasteiger partial charge in [-0.1, -0.05) is 18.2 Å². The maximum absolute atomic E-state index is 11.1. The maximum Gasteiger partial charge on any atom is 0.151 e. The van der Waals surface area contributed by atoms with Crippen LogP contribution in [0.1, 0.15) is 35.8 Å². The predicted molar refractivity (Wildman–Crippen MR) is 99.7 cm³/mol. The van der Waals surface area contributed by atoms with Gasteiger partial charge in [-0.3, -0.25) is 14.5 Å². The van der Waals surface area contributed by atoms with Crippen LogP contribution >= 0.6 is 15.9 Å². The van der Waals surface area contributed by atoms with Crippen molar-refractivity contribution in [2.75, 3.05) is 0 Å². The second-order valence-corrected chi connectivity index (χ2v) is 6.62. The summed E-state index contributed by atoms with van der Waals surface area (Å²) in [4.78, 5) is 15.6. The van der Waals surface area contributed by atoms with Gasteiger partial charge >= 0.3 is 0 Å². The quantitative estimate of drug-likeness (QED) is 0.564. The summed E-state index contributed by atoms with van der Waals surface area (Å²) < 4.78 is 8.52. The molecule has 0 aliphatic rings. The lowest BCUT2D eigenvalue weighted by Crippen LogP contribution is -2.07.